The van der Waals surface area contributed by atoms with Crippen LogP contribution in [-0.4, -0.2) is 35.9 Å². The molecule has 1 aliphatic heterocycles. The molecule has 0 saturated carbocycles. The molecular formula is C16H24N3O2+. The van der Waals surface area contributed by atoms with Gasteiger partial charge in [-0.2, -0.15) is 5.10 Å². The average Bonchev–Trinajstić information content (AvgIpc) is 2.53. The Morgan fingerprint density at radius 2 is 1.86 bits per heavy atom. The minimum Gasteiger partial charge on any atom is -0.378 e. The smallest absolute Gasteiger partial charge is 0.273 e. The molecule has 3 N–H and O–H groups in total. The maximum Gasteiger partial charge on any atom is 0.273 e. The van der Waals surface area contributed by atoms with Gasteiger partial charge in [0.05, 0.1) is 19.1 Å². The van der Waals surface area contributed by atoms with Crippen molar-refractivity contribution in [3.63, 3.8) is 0 Å². The lowest BCUT2D eigenvalue weighted by Gasteiger charge is -2.27. The van der Waals surface area contributed by atoms with Crippen molar-refractivity contribution in [1.82, 2.24) is 5.43 Å². The number of amides is 1. The van der Waals surface area contributed by atoms with E-state index in [0.29, 0.717) is 11.6 Å². The molecule has 21 heavy (non-hydrogen) atoms. The largest absolute Gasteiger partial charge is 0.378 e. The molecular weight excluding hydrogens is 266 g/mol. The maximum atomic E-state index is 11.9. The first-order valence-corrected chi connectivity index (χ1v) is 7.51. The normalized spacial score (nSPS) is 20.2. The Morgan fingerprint density at radius 3 is 2.43 bits per heavy atom. The van der Waals surface area contributed by atoms with Crippen LogP contribution in [0.5, 0.6) is 0 Å². The second-order valence-electron chi connectivity index (χ2n) is 5.78. The van der Waals surface area contributed by atoms with Crippen molar-refractivity contribution in [1.29, 1.82) is 0 Å². The van der Waals surface area contributed by atoms with Crippen LogP contribution in [0.2, 0.25) is 0 Å². The molecule has 114 valence electrons. The van der Waals surface area contributed by atoms with Crippen molar-refractivity contribution in [3.05, 3.63) is 35.9 Å². The fourth-order valence-electron chi connectivity index (χ4n) is 2.53. The Balaban J connectivity index is 1.85. The zero-order valence-electron chi connectivity index (χ0n) is 12.7. The number of likely N-dealkylation sites (tertiary alicyclic amines) is 1. The van der Waals surface area contributed by atoms with Gasteiger partial charge in [0, 0.05) is 18.6 Å². The molecule has 0 unspecified atom stereocenters. The molecule has 1 aliphatic rings. The highest BCUT2D eigenvalue weighted by Gasteiger charge is 2.21. The van der Waals surface area contributed by atoms with Crippen LogP contribution in [0.1, 0.15) is 38.4 Å². The van der Waals surface area contributed by atoms with Gasteiger partial charge in [-0.15, -0.1) is 0 Å². The van der Waals surface area contributed by atoms with Gasteiger partial charge >= 0.3 is 0 Å². The van der Waals surface area contributed by atoms with Crippen molar-refractivity contribution in [2.45, 2.75) is 38.8 Å². The van der Waals surface area contributed by atoms with E-state index in [1.165, 1.54) is 0 Å². The van der Waals surface area contributed by atoms with Crippen LogP contribution in [0.4, 0.5) is 0 Å². The summed E-state index contributed by atoms with van der Waals surface area (Å²) in [6.45, 7) is 6.53. The number of piperidine rings is 1. The number of hydrogen-bond acceptors (Lipinski definition) is 3. The summed E-state index contributed by atoms with van der Waals surface area (Å²) >= 11 is 0. The second-order valence-corrected chi connectivity index (χ2v) is 5.78. The second kappa shape index (κ2) is 7.33. The van der Waals surface area contributed by atoms with E-state index in [1.54, 1.807) is 29.2 Å². The van der Waals surface area contributed by atoms with E-state index >= 15 is 0 Å². The Hall–Kier alpha value is -1.72. The molecule has 2 rings (SSSR count). The summed E-state index contributed by atoms with van der Waals surface area (Å²) in [7, 11) is 0. The predicted molar refractivity (Wildman–Crippen MR) is 82.0 cm³/mol. The first kappa shape index (κ1) is 15.7. The number of aliphatic hydroxyl groups excluding tert-OH is 1. The third-order valence-electron chi connectivity index (χ3n) is 3.97. The summed E-state index contributed by atoms with van der Waals surface area (Å²) in [5.74, 6) is -0.479. The molecule has 5 heteroatoms. The lowest BCUT2D eigenvalue weighted by atomic mass is 10.1. The zero-order valence-corrected chi connectivity index (χ0v) is 12.7. The fraction of sp³-hybridized carbons (Fsp3) is 0.500. The van der Waals surface area contributed by atoms with Gasteiger partial charge in [0.25, 0.3) is 5.91 Å². The van der Waals surface area contributed by atoms with E-state index in [-0.39, 0.29) is 0 Å². The Morgan fingerprint density at radius 1 is 1.24 bits per heavy atom. The highest BCUT2D eigenvalue weighted by Crippen LogP contribution is 2.11. The highest BCUT2D eigenvalue weighted by molar-refractivity contribution is 5.88. The monoisotopic (exact) mass is 290 g/mol. The van der Waals surface area contributed by atoms with Gasteiger partial charge in [0.15, 0.2) is 6.10 Å². The third-order valence-corrected chi connectivity index (χ3v) is 3.97. The Labute approximate surface area is 125 Å². The maximum absolute atomic E-state index is 11.9. The molecule has 1 fully saturated rings. The standard InChI is InChI=1S/C16H23N3O2/c1-12(2)19-10-8-14(9-11-19)17-18-16(21)15(20)13-6-4-3-5-7-13/h3-7,12,15,20H,8-11H2,1-2H3,(H,18,21)/p+1/t15-/m1/s1. The van der Waals surface area contributed by atoms with E-state index in [2.05, 4.69) is 24.4 Å². The summed E-state index contributed by atoms with van der Waals surface area (Å²) in [6.07, 6.45) is 0.627. The van der Waals surface area contributed by atoms with Gasteiger partial charge in [-0.25, -0.2) is 5.43 Å². The summed E-state index contributed by atoms with van der Waals surface area (Å²) in [5, 5.41) is 14.1. The summed E-state index contributed by atoms with van der Waals surface area (Å²) in [5.41, 5.74) is 4.07. The number of rotatable bonds is 4. The molecule has 1 aromatic rings. The molecule has 0 spiro atoms. The minimum absolute atomic E-state index is 0.479. The lowest BCUT2D eigenvalue weighted by Crippen LogP contribution is -3.16. The first-order chi connectivity index (χ1) is 10.1. The molecule has 1 saturated heterocycles. The minimum atomic E-state index is -1.17. The van der Waals surface area contributed by atoms with Crippen LogP contribution in [0.15, 0.2) is 35.4 Å². The number of aliphatic hydroxyl groups is 1. The van der Waals surface area contributed by atoms with E-state index in [9.17, 15) is 9.90 Å². The van der Waals surface area contributed by atoms with Crippen LogP contribution in [-0.2, 0) is 4.79 Å². The van der Waals surface area contributed by atoms with Gasteiger partial charge in [-0.05, 0) is 19.4 Å². The number of carbonyl (C=O) groups excluding carboxylic acids is 1. The Bertz CT molecular complexity index is 490. The van der Waals surface area contributed by atoms with Crippen LogP contribution in [0.3, 0.4) is 0 Å². The van der Waals surface area contributed by atoms with Gasteiger partial charge in [0.2, 0.25) is 0 Å². The number of benzene rings is 1. The first-order valence-electron chi connectivity index (χ1n) is 7.51. The molecule has 1 aromatic carbocycles. The molecule has 0 aliphatic carbocycles. The van der Waals surface area contributed by atoms with Crippen LogP contribution in [0, 0.1) is 0 Å². The van der Waals surface area contributed by atoms with Gasteiger partial charge in [0.1, 0.15) is 0 Å². The summed E-state index contributed by atoms with van der Waals surface area (Å²) < 4.78 is 0. The van der Waals surface area contributed by atoms with E-state index in [4.69, 9.17) is 0 Å². The molecule has 0 aromatic heterocycles. The highest BCUT2D eigenvalue weighted by atomic mass is 16.3. The van der Waals surface area contributed by atoms with Gasteiger partial charge in [-0.3, -0.25) is 4.79 Å². The third kappa shape index (κ3) is 4.37. The molecule has 0 radical (unpaired) electrons. The predicted octanol–water partition coefficient (Wildman–Crippen LogP) is 0.279. The van der Waals surface area contributed by atoms with E-state index in [1.807, 2.05) is 6.07 Å². The van der Waals surface area contributed by atoms with Gasteiger partial charge in [-0.1, -0.05) is 30.3 Å². The number of hydrogen-bond donors (Lipinski definition) is 3. The van der Waals surface area contributed by atoms with Crippen LogP contribution >= 0.6 is 0 Å². The van der Waals surface area contributed by atoms with E-state index in [0.717, 1.165) is 31.6 Å². The summed E-state index contributed by atoms with van der Waals surface area (Å²) in [4.78, 5) is 13.5. The zero-order chi connectivity index (χ0) is 15.2. The number of nitrogens with zero attached hydrogens (tertiary/aromatic N) is 1. The van der Waals surface area contributed by atoms with Crippen molar-refractivity contribution < 1.29 is 14.8 Å². The summed E-state index contributed by atoms with van der Waals surface area (Å²) in [6, 6.07) is 9.51. The number of carbonyl (C=O) groups is 1. The SMILES string of the molecule is CC(C)[NH+]1CCC(=NNC(=O)[C@H](O)c2ccccc2)CC1. The molecule has 1 atom stereocenters. The molecule has 1 amide bonds. The van der Waals surface area contributed by atoms with Gasteiger partial charge < -0.3 is 10.0 Å². The Kier molecular flexibility index (Phi) is 5.47. The fourth-order valence-corrected chi connectivity index (χ4v) is 2.53. The number of hydrazone groups is 1. The van der Waals surface area contributed by atoms with Crippen LogP contribution in [0.25, 0.3) is 0 Å². The van der Waals surface area contributed by atoms with Crippen molar-refractivity contribution in [2.75, 3.05) is 13.1 Å². The topological polar surface area (TPSA) is 66.1 Å². The molecule has 1 heterocycles. The number of quaternary nitrogens is 1. The van der Waals surface area contributed by atoms with Crippen molar-refractivity contribution in [2.24, 2.45) is 5.10 Å². The van der Waals surface area contributed by atoms with E-state index < -0.39 is 12.0 Å². The van der Waals surface area contributed by atoms with Crippen molar-refractivity contribution >= 4 is 11.6 Å². The quantitative estimate of drug-likeness (QED) is 0.697. The number of nitrogens with one attached hydrogen (secondary N) is 2. The van der Waals surface area contributed by atoms with Crippen LogP contribution < -0.4 is 10.3 Å². The lowest BCUT2D eigenvalue weighted by molar-refractivity contribution is -0.922. The molecule has 5 nitrogen and oxygen atoms in total. The average molecular weight is 290 g/mol. The van der Waals surface area contributed by atoms with Crippen molar-refractivity contribution in [3.8, 4) is 0 Å². The molecule has 0 bridgehead atoms.